The molecule has 9 heteroatoms. The van der Waals surface area contributed by atoms with Crippen molar-refractivity contribution in [1.29, 1.82) is 0 Å². The van der Waals surface area contributed by atoms with Crippen molar-refractivity contribution in [2.75, 3.05) is 30.4 Å². The third-order valence-corrected chi connectivity index (χ3v) is 6.31. The van der Waals surface area contributed by atoms with Crippen LogP contribution in [0, 0.1) is 12.8 Å². The number of nitrogens with zero attached hydrogens (tertiary/aromatic N) is 4. The predicted molar refractivity (Wildman–Crippen MR) is 104 cm³/mol. The van der Waals surface area contributed by atoms with E-state index in [0.717, 1.165) is 52.0 Å². The number of fused-ring (bicyclic) bond motifs is 1. The Morgan fingerprint density at radius 3 is 2.77 bits per heavy atom. The van der Waals surface area contributed by atoms with E-state index in [0.29, 0.717) is 5.13 Å². The monoisotopic (exact) mass is 389 g/mol. The van der Waals surface area contributed by atoms with Crippen LogP contribution < -0.4 is 15.0 Å². The van der Waals surface area contributed by atoms with Gasteiger partial charge in [0.05, 0.1) is 17.3 Å². The van der Waals surface area contributed by atoms with Crippen LogP contribution in [-0.2, 0) is 4.79 Å². The number of aromatic nitrogens is 3. The molecule has 3 aromatic rings. The average molecular weight is 390 g/mol. The van der Waals surface area contributed by atoms with Crippen LogP contribution in [-0.4, -0.2) is 41.3 Å². The second-order valence-electron chi connectivity index (χ2n) is 6.21. The molecule has 1 saturated heterocycles. The number of hydrogen-bond acceptors (Lipinski definition) is 8. The van der Waals surface area contributed by atoms with Gasteiger partial charge in [0.25, 0.3) is 0 Å². The van der Waals surface area contributed by atoms with Crippen LogP contribution in [0.1, 0.15) is 17.8 Å². The fraction of sp³-hybridized carbons (Fsp3) is 0.412. The maximum atomic E-state index is 12.4. The molecule has 1 aliphatic heterocycles. The Balaban J connectivity index is 1.39. The molecule has 7 nitrogen and oxygen atoms in total. The Kier molecular flexibility index (Phi) is 4.73. The number of thiazole rings is 1. The smallest absolute Gasteiger partial charge is 0.229 e. The average Bonchev–Trinajstić information content (AvgIpc) is 3.27. The summed E-state index contributed by atoms with van der Waals surface area (Å²) in [5.41, 5.74) is 0.984. The van der Waals surface area contributed by atoms with Gasteiger partial charge in [-0.25, -0.2) is 4.98 Å². The van der Waals surface area contributed by atoms with E-state index >= 15 is 0 Å². The van der Waals surface area contributed by atoms with Gasteiger partial charge in [0.15, 0.2) is 5.13 Å². The first-order valence-corrected chi connectivity index (χ1v) is 10.1. The van der Waals surface area contributed by atoms with Gasteiger partial charge in [-0.3, -0.25) is 4.79 Å². The van der Waals surface area contributed by atoms with E-state index in [1.165, 1.54) is 11.3 Å². The lowest BCUT2D eigenvalue weighted by Gasteiger charge is -2.30. The molecule has 1 N–H and O–H groups in total. The number of anilines is 2. The van der Waals surface area contributed by atoms with Gasteiger partial charge in [0.2, 0.25) is 11.0 Å². The van der Waals surface area contributed by atoms with Crippen LogP contribution in [0.25, 0.3) is 10.2 Å². The first-order valence-electron chi connectivity index (χ1n) is 8.43. The summed E-state index contributed by atoms with van der Waals surface area (Å²) in [5.74, 6) is 0.884. The van der Waals surface area contributed by atoms with E-state index in [1.54, 1.807) is 18.4 Å². The van der Waals surface area contributed by atoms with Crippen molar-refractivity contribution >= 4 is 49.1 Å². The van der Waals surface area contributed by atoms with E-state index in [4.69, 9.17) is 9.72 Å². The molecule has 0 atom stereocenters. The number of amides is 1. The van der Waals surface area contributed by atoms with Crippen LogP contribution in [0.4, 0.5) is 10.3 Å². The number of piperidine rings is 1. The molecule has 0 bridgehead atoms. The van der Waals surface area contributed by atoms with Gasteiger partial charge in [0.1, 0.15) is 10.8 Å². The molecule has 1 aromatic carbocycles. The third kappa shape index (κ3) is 3.49. The minimum Gasteiger partial charge on any atom is -0.497 e. The zero-order valence-electron chi connectivity index (χ0n) is 14.6. The Morgan fingerprint density at radius 2 is 2.08 bits per heavy atom. The van der Waals surface area contributed by atoms with E-state index < -0.39 is 0 Å². The van der Waals surface area contributed by atoms with Gasteiger partial charge in [-0.2, -0.15) is 0 Å². The van der Waals surface area contributed by atoms with Gasteiger partial charge < -0.3 is 15.0 Å². The molecule has 1 fully saturated rings. The maximum absolute atomic E-state index is 12.4. The molecule has 1 amide bonds. The second-order valence-corrected chi connectivity index (χ2v) is 8.40. The van der Waals surface area contributed by atoms with E-state index in [2.05, 4.69) is 20.4 Å². The van der Waals surface area contributed by atoms with E-state index in [1.807, 2.05) is 25.1 Å². The molecule has 0 saturated carbocycles. The van der Waals surface area contributed by atoms with Crippen molar-refractivity contribution in [3.63, 3.8) is 0 Å². The number of carbonyl (C=O) groups is 1. The van der Waals surface area contributed by atoms with Crippen molar-refractivity contribution in [2.45, 2.75) is 19.8 Å². The quantitative estimate of drug-likeness (QED) is 0.737. The molecule has 136 valence electrons. The van der Waals surface area contributed by atoms with Gasteiger partial charge in [0, 0.05) is 19.0 Å². The van der Waals surface area contributed by atoms with Crippen molar-refractivity contribution in [2.24, 2.45) is 5.92 Å². The molecular weight excluding hydrogens is 370 g/mol. The molecular formula is C17H19N5O2S2. The SMILES string of the molecule is COc1ccc2nc(N3CCC(C(=O)Nc4nnc(C)s4)CC3)sc2c1. The summed E-state index contributed by atoms with van der Waals surface area (Å²) in [5, 5.41) is 13.2. The topological polar surface area (TPSA) is 80.2 Å². The van der Waals surface area contributed by atoms with Crippen LogP contribution in [0.15, 0.2) is 18.2 Å². The predicted octanol–water partition coefficient (Wildman–Crippen LogP) is 3.32. The molecule has 0 aliphatic carbocycles. The minimum atomic E-state index is 0.00456. The highest BCUT2D eigenvalue weighted by Gasteiger charge is 2.27. The second kappa shape index (κ2) is 7.16. The lowest BCUT2D eigenvalue weighted by Crippen LogP contribution is -2.38. The maximum Gasteiger partial charge on any atom is 0.229 e. The van der Waals surface area contributed by atoms with Crippen molar-refractivity contribution in [3.05, 3.63) is 23.2 Å². The summed E-state index contributed by atoms with van der Waals surface area (Å²) in [6.07, 6.45) is 1.62. The Morgan fingerprint density at radius 1 is 1.27 bits per heavy atom. The summed E-state index contributed by atoms with van der Waals surface area (Å²) >= 11 is 3.07. The Bertz CT molecular complexity index is 930. The van der Waals surface area contributed by atoms with E-state index in [9.17, 15) is 4.79 Å². The number of aryl methyl sites for hydroxylation is 1. The zero-order valence-corrected chi connectivity index (χ0v) is 16.2. The van der Waals surface area contributed by atoms with Crippen LogP contribution >= 0.6 is 22.7 Å². The van der Waals surface area contributed by atoms with Gasteiger partial charge in [-0.15, -0.1) is 10.2 Å². The number of rotatable bonds is 4. The number of hydrogen-bond donors (Lipinski definition) is 1. The minimum absolute atomic E-state index is 0.00456. The molecule has 0 radical (unpaired) electrons. The lowest BCUT2D eigenvalue weighted by molar-refractivity contribution is -0.120. The molecule has 2 aromatic heterocycles. The van der Waals surface area contributed by atoms with Gasteiger partial charge >= 0.3 is 0 Å². The summed E-state index contributed by atoms with van der Waals surface area (Å²) < 4.78 is 6.40. The molecule has 26 heavy (non-hydrogen) atoms. The molecule has 3 heterocycles. The summed E-state index contributed by atoms with van der Waals surface area (Å²) in [6, 6.07) is 5.93. The fourth-order valence-electron chi connectivity index (χ4n) is 3.04. The number of ether oxygens (including phenoxy) is 1. The summed E-state index contributed by atoms with van der Waals surface area (Å²) in [4.78, 5) is 19.4. The highest BCUT2D eigenvalue weighted by Crippen LogP contribution is 2.33. The number of methoxy groups -OCH3 is 1. The van der Waals surface area contributed by atoms with Crippen LogP contribution in [0.3, 0.4) is 0 Å². The Hall–Kier alpha value is -2.26. The third-order valence-electron chi connectivity index (χ3n) is 4.48. The molecule has 0 unspecified atom stereocenters. The van der Waals surface area contributed by atoms with Crippen LogP contribution in [0.5, 0.6) is 5.75 Å². The highest BCUT2D eigenvalue weighted by atomic mass is 32.1. The Labute approximate surface area is 159 Å². The van der Waals surface area contributed by atoms with Crippen LogP contribution in [0.2, 0.25) is 0 Å². The first-order chi connectivity index (χ1) is 12.6. The van der Waals surface area contributed by atoms with Crippen molar-refractivity contribution in [1.82, 2.24) is 15.2 Å². The van der Waals surface area contributed by atoms with Gasteiger partial charge in [-0.1, -0.05) is 22.7 Å². The van der Waals surface area contributed by atoms with Gasteiger partial charge in [-0.05, 0) is 38.0 Å². The number of carbonyl (C=O) groups excluding carboxylic acids is 1. The van der Waals surface area contributed by atoms with E-state index in [-0.39, 0.29) is 11.8 Å². The molecule has 1 aliphatic rings. The normalized spacial score (nSPS) is 15.4. The highest BCUT2D eigenvalue weighted by molar-refractivity contribution is 7.22. The number of nitrogens with one attached hydrogen (secondary N) is 1. The summed E-state index contributed by atoms with van der Waals surface area (Å²) in [7, 11) is 1.67. The first kappa shape index (κ1) is 17.2. The lowest BCUT2D eigenvalue weighted by atomic mass is 9.96. The number of benzene rings is 1. The van der Waals surface area contributed by atoms with Crippen molar-refractivity contribution < 1.29 is 9.53 Å². The van der Waals surface area contributed by atoms with Crippen molar-refractivity contribution in [3.8, 4) is 5.75 Å². The fourth-order valence-corrected chi connectivity index (χ4v) is 4.68. The summed E-state index contributed by atoms with van der Waals surface area (Å²) in [6.45, 7) is 3.52. The molecule has 4 rings (SSSR count). The zero-order chi connectivity index (χ0) is 18.1. The molecule has 0 spiro atoms. The largest absolute Gasteiger partial charge is 0.497 e. The standard InChI is InChI=1S/C17H19N5O2S2/c1-10-20-21-16(25-10)19-15(23)11-5-7-22(8-6-11)17-18-13-4-3-12(24-2)9-14(13)26-17/h3-4,9,11H,5-8H2,1-2H3,(H,19,21,23).